The van der Waals surface area contributed by atoms with Crippen LogP contribution in [0.2, 0.25) is 0 Å². The molecule has 0 amide bonds. The Balaban J connectivity index is 0.000000463. The van der Waals surface area contributed by atoms with E-state index in [4.69, 9.17) is 15.3 Å². The summed E-state index contributed by atoms with van der Waals surface area (Å²) in [5, 5.41) is 35.5. The van der Waals surface area contributed by atoms with Crippen molar-refractivity contribution in [3.05, 3.63) is 34.4 Å². The van der Waals surface area contributed by atoms with Gasteiger partial charge in [-0.25, -0.2) is 0 Å². The lowest BCUT2D eigenvalue weighted by Crippen LogP contribution is -1.94. The number of unbranched alkanes of at least 4 members (excludes halogenated alkanes) is 5. The fourth-order valence-corrected chi connectivity index (χ4v) is 1.83. The number of carboxylic acids is 2. The van der Waals surface area contributed by atoms with Crippen LogP contribution in [-0.2, 0) is 9.59 Å². The summed E-state index contributed by atoms with van der Waals surface area (Å²) < 4.78 is 0. The molecule has 0 aliphatic heterocycles. The van der Waals surface area contributed by atoms with E-state index in [2.05, 4.69) is 0 Å². The highest BCUT2D eigenvalue weighted by molar-refractivity contribution is 5.66. The lowest BCUT2D eigenvalue weighted by atomic mass is 10.1. The van der Waals surface area contributed by atoms with Gasteiger partial charge in [0.2, 0.25) is 0 Å². The number of nitrogens with zero attached hydrogens (tertiary/aromatic N) is 1. The number of aliphatic carboxylic acids is 2. The minimum atomic E-state index is -0.740. The molecule has 0 aromatic heterocycles. The number of hydrogen-bond donors (Lipinski definition) is 3. The molecule has 0 fully saturated rings. The maximum Gasteiger partial charge on any atom is 0.303 e. The summed E-state index contributed by atoms with van der Waals surface area (Å²) in [6.45, 7) is 0. The minimum Gasteiger partial charge on any atom is -0.508 e. The summed E-state index contributed by atoms with van der Waals surface area (Å²) in [5.74, 6) is -1.45. The minimum absolute atomic E-state index is 0.0159. The van der Waals surface area contributed by atoms with Crippen LogP contribution in [0.3, 0.4) is 0 Å². The van der Waals surface area contributed by atoms with Crippen molar-refractivity contribution in [3.8, 4) is 5.75 Å². The molecular weight excluding hydrogens is 318 g/mol. The second-order valence-corrected chi connectivity index (χ2v) is 5.18. The van der Waals surface area contributed by atoms with Crippen molar-refractivity contribution in [1.29, 1.82) is 0 Å². The summed E-state index contributed by atoms with van der Waals surface area (Å²) in [7, 11) is 0. The third kappa shape index (κ3) is 13.1. The summed E-state index contributed by atoms with van der Waals surface area (Å²) in [6, 6.07) is 5.04. The number of carbonyl (C=O) groups is 2. The van der Waals surface area contributed by atoms with Crippen molar-refractivity contribution in [2.75, 3.05) is 0 Å². The van der Waals surface area contributed by atoms with Crippen LogP contribution in [0.15, 0.2) is 24.3 Å². The number of rotatable bonds is 10. The van der Waals surface area contributed by atoms with Crippen LogP contribution in [0.4, 0.5) is 5.69 Å². The highest BCUT2D eigenvalue weighted by Gasteiger charge is 2.01. The molecule has 8 nitrogen and oxygen atoms in total. The first-order chi connectivity index (χ1) is 11.3. The lowest BCUT2D eigenvalue weighted by molar-refractivity contribution is -0.384. The standard InChI is InChI=1S/C10H18O4.C6H5NO3/c11-9(12)7-5-3-1-2-4-6-8-10(13)14;8-6-3-1-5(2-4-6)7(9)10/h1-8H2,(H,11,12)(H,13,14);1-4,8H. The number of aromatic hydroxyl groups is 1. The Morgan fingerprint density at radius 1 is 0.833 bits per heavy atom. The van der Waals surface area contributed by atoms with Gasteiger partial charge in [0, 0.05) is 25.0 Å². The van der Waals surface area contributed by atoms with Crippen molar-refractivity contribution < 1.29 is 29.8 Å². The van der Waals surface area contributed by atoms with E-state index in [1.165, 1.54) is 24.3 Å². The highest BCUT2D eigenvalue weighted by Crippen LogP contribution is 2.15. The Labute approximate surface area is 139 Å². The molecule has 3 N–H and O–H groups in total. The predicted octanol–water partition coefficient (Wildman–Crippen LogP) is 3.58. The normalized spacial score (nSPS) is 9.67. The Morgan fingerprint density at radius 2 is 1.21 bits per heavy atom. The van der Waals surface area contributed by atoms with Crippen LogP contribution < -0.4 is 0 Å². The van der Waals surface area contributed by atoms with Gasteiger partial charge in [-0.05, 0) is 25.0 Å². The van der Waals surface area contributed by atoms with E-state index in [1.807, 2.05) is 0 Å². The first-order valence-electron chi connectivity index (χ1n) is 7.70. The molecule has 0 aliphatic rings. The van der Waals surface area contributed by atoms with Crippen LogP contribution >= 0.6 is 0 Å². The smallest absolute Gasteiger partial charge is 0.303 e. The molecule has 1 aromatic rings. The van der Waals surface area contributed by atoms with Gasteiger partial charge in [-0.1, -0.05) is 25.7 Å². The van der Waals surface area contributed by atoms with Gasteiger partial charge in [0.1, 0.15) is 5.75 Å². The van der Waals surface area contributed by atoms with Crippen LogP contribution in [-0.4, -0.2) is 32.2 Å². The third-order valence-electron chi connectivity index (χ3n) is 3.09. The van der Waals surface area contributed by atoms with Gasteiger partial charge >= 0.3 is 11.9 Å². The summed E-state index contributed by atoms with van der Waals surface area (Å²) >= 11 is 0. The van der Waals surface area contributed by atoms with E-state index >= 15 is 0 Å². The first kappa shape index (κ1) is 21.4. The number of phenolic OH excluding ortho intramolecular Hbond substituents is 1. The highest BCUT2D eigenvalue weighted by atomic mass is 16.6. The van der Waals surface area contributed by atoms with Crippen LogP contribution in [0.25, 0.3) is 0 Å². The van der Waals surface area contributed by atoms with Gasteiger partial charge in [0.25, 0.3) is 5.69 Å². The second-order valence-electron chi connectivity index (χ2n) is 5.18. The fourth-order valence-electron chi connectivity index (χ4n) is 1.83. The van der Waals surface area contributed by atoms with Gasteiger partial charge in [-0.3, -0.25) is 19.7 Å². The Hall–Kier alpha value is -2.64. The zero-order valence-electron chi connectivity index (χ0n) is 13.4. The number of phenols is 1. The summed E-state index contributed by atoms with van der Waals surface area (Å²) in [5.41, 5.74) is -0.0159. The molecule has 0 heterocycles. The van der Waals surface area contributed by atoms with Gasteiger partial charge < -0.3 is 15.3 Å². The molecule has 0 atom stereocenters. The maximum atomic E-state index is 10.1. The van der Waals surface area contributed by atoms with Crippen LogP contribution in [0, 0.1) is 10.1 Å². The fraction of sp³-hybridized carbons (Fsp3) is 0.500. The monoisotopic (exact) mass is 341 g/mol. The lowest BCUT2D eigenvalue weighted by Gasteiger charge is -1.98. The number of non-ortho nitro benzene ring substituents is 1. The van der Waals surface area contributed by atoms with E-state index in [0.717, 1.165) is 38.5 Å². The van der Waals surface area contributed by atoms with Gasteiger partial charge in [-0.2, -0.15) is 0 Å². The van der Waals surface area contributed by atoms with Crippen molar-refractivity contribution in [2.45, 2.75) is 51.4 Å². The SMILES string of the molecule is O=C(O)CCCCCCCCC(=O)O.O=[N+]([O-])c1ccc(O)cc1. The Morgan fingerprint density at radius 3 is 1.54 bits per heavy atom. The van der Waals surface area contributed by atoms with E-state index in [-0.39, 0.29) is 24.3 Å². The van der Waals surface area contributed by atoms with Crippen LogP contribution in [0.1, 0.15) is 51.4 Å². The predicted molar refractivity (Wildman–Crippen MR) is 87.0 cm³/mol. The number of nitro groups is 1. The Bertz CT molecular complexity index is 494. The maximum absolute atomic E-state index is 10.1. The van der Waals surface area contributed by atoms with Crippen molar-refractivity contribution in [1.82, 2.24) is 0 Å². The van der Waals surface area contributed by atoms with Gasteiger partial charge in [0.15, 0.2) is 0 Å². The van der Waals surface area contributed by atoms with Gasteiger partial charge in [0.05, 0.1) is 4.92 Å². The quantitative estimate of drug-likeness (QED) is 0.336. The van der Waals surface area contributed by atoms with Gasteiger partial charge in [-0.15, -0.1) is 0 Å². The third-order valence-corrected chi connectivity index (χ3v) is 3.09. The van der Waals surface area contributed by atoms with Crippen molar-refractivity contribution in [3.63, 3.8) is 0 Å². The summed E-state index contributed by atoms with van der Waals surface area (Å²) in [4.78, 5) is 29.8. The molecule has 0 aliphatic carbocycles. The van der Waals surface area contributed by atoms with E-state index in [0.29, 0.717) is 0 Å². The average Bonchev–Trinajstić information content (AvgIpc) is 2.50. The molecule has 0 spiro atoms. The zero-order chi connectivity index (χ0) is 18.4. The van der Waals surface area contributed by atoms with Crippen LogP contribution in [0.5, 0.6) is 5.75 Å². The molecular formula is C16H23NO7. The molecule has 24 heavy (non-hydrogen) atoms. The number of carboxylic acid groups (broad SMARTS) is 2. The molecule has 1 aromatic carbocycles. The largest absolute Gasteiger partial charge is 0.508 e. The molecule has 0 saturated carbocycles. The van der Waals surface area contributed by atoms with E-state index < -0.39 is 16.9 Å². The zero-order valence-corrected chi connectivity index (χ0v) is 13.4. The molecule has 0 saturated heterocycles. The molecule has 0 bridgehead atoms. The number of hydrogen-bond acceptors (Lipinski definition) is 5. The molecule has 0 unspecified atom stereocenters. The number of benzene rings is 1. The molecule has 8 heteroatoms. The molecule has 1 rings (SSSR count). The summed E-state index contributed by atoms with van der Waals surface area (Å²) in [6.07, 6.45) is 5.82. The number of nitro benzene ring substituents is 1. The first-order valence-corrected chi connectivity index (χ1v) is 7.70. The van der Waals surface area contributed by atoms with Crippen molar-refractivity contribution in [2.24, 2.45) is 0 Å². The van der Waals surface area contributed by atoms with E-state index in [1.54, 1.807) is 0 Å². The second kappa shape index (κ2) is 12.9. The molecule has 134 valence electrons. The van der Waals surface area contributed by atoms with E-state index in [9.17, 15) is 19.7 Å². The Kier molecular flexibility index (Phi) is 11.4. The molecule has 0 radical (unpaired) electrons. The topological polar surface area (TPSA) is 138 Å². The average molecular weight is 341 g/mol. The van der Waals surface area contributed by atoms with Crippen molar-refractivity contribution >= 4 is 17.6 Å².